The zero-order valence-electron chi connectivity index (χ0n) is 17.8. The Morgan fingerprint density at radius 2 is 2.00 bits per heavy atom. The summed E-state index contributed by atoms with van der Waals surface area (Å²) >= 11 is 1.69. The van der Waals surface area contributed by atoms with E-state index >= 15 is 0 Å². The van der Waals surface area contributed by atoms with E-state index in [0.29, 0.717) is 24.8 Å². The normalized spacial score (nSPS) is 15.8. The lowest BCUT2D eigenvalue weighted by molar-refractivity contribution is -0.142. The standard InChI is InChI=1S/C23H29FN2O3S/c1-16(2)8-11-25(17(3)27)14-23(28)26-12-9-22-20(10-13-30-22)21(26)15-29-19-6-4-18(24)5-7-19/h4-7,10,13,16,21H,8-9,11-12,14-15H2,1-3H3. The van der Waals surface area contributed by atoms with Gasteiger partial charge in [0, 0.05) is 24.9 Å². The highest BCUT2D eigenvalue weighted by Crippen LogP contribution is 2.34. The number of fused-ring (bicyclic) bond motifs is 1. The third-order valence-corrected chi connectivity index (χ3v) is 6.38. The molecule has 0 saturated heterocycles. The van der Waals surface area contributed by atoms with Crippen molar-refractivity contribution >= 4 is 23.2 Å². The number of carbonyl (C=O) groups excluding carboxylic acids is 2. The second-order valence-electron chi connectivity index (χ2n) is 8.04. The van der Waals surface area contributed by atoms with E-state index in [0.717, 1.165) is 18.4 Å². The van der Waals surface area contributed by atoms with Crippen LogP contribution in [0.3, 0.4) is 0 Å². The molecule has 0 fully saturated rings. The summed E-state index contributed by atoms with van der Waals surface area (Å²) < 4.78 is 19.1. The van der Waals surface area contributed by atoms with Crippen molar-refractivity contribution in [3.8, 4) is 5.75 Å². The van der Waals surface area contributed by atoms with Crippen molar-refractivity contribution in [2.75, 3.05) is 26.2 Å². The monoisotopic (exact) mass is 432 g/mol. The van der Waals surface area contributed by atoms with Crippen molar-refractivity contribution in [1.82, 2.24) is 9.80 Å². The molecule has 1 atom stereocenters. The fraction of sp³-hybridized carbons (Fsp3) is 0.478. The Morgan fingerprint density at radius 3 is 2.67 bits per heavy atom. The van der Waals surface area contributed by atoms with E-state index in [4.69, 9.17) is 4.74 Å². The third-order valence-electron chi connectivity index (χ3n) is 5.38. The number of nitrogens with zero attached hydrogens (tertiary/aromatic N) is 2. The second-order valence-corrected chi connectivity index (χ2v) is 9.04. The quantitative estimate of drug-likeness (QED) is 0.625. The molecule has 0 spiro atoms. The first-order valence-corrected chi connectivity index (χ1v) is 11.2. The van der Waals surface area contributed by atoms with Crippen molar-refractivity contribution in [2.45, 2.75) is 39.7 Å². The van der Waals surface area contributed by atoms with Gasteiger partial charge in [-0.25, -0.2) is 4.39 Å². The lowest BCUT2D eigenvalue weighted by atomic mass is 10.0. The molecule has 0 bridgehead atoms. The van der Waals surface area contributed by atoms with E-state index < -0.39 is 0 Å². The van der Waals surface area contributed by atoms with Gasteiger partial charge in [-0.15, -0.1) is 11.3 Å². The molecular formula is C23H29FN2O3S. The minimum atomic E-state index is -0.317. The third kappa shape index (κ3) is 5.59. The summed E-state index contributed by atoms with van der Waals surface area (Å²) in [6.07, 6.45) is 1.66. The zero-order chi connectivity index (χ0) is 21.7. The van der Waals surface area contributed by atoms with Gasteiger partial charge in [-0.2, -0.15) is 0 Å². The molecule has 0 aliphatic carbocycles. The van der Waals surface area contributed by atoms with Gasteiger partial charge in [0.1, 0.15) is 18.2 Å². The summed E-state index contributed by atoms with van der Waals surface area (Å²) in [7, 11) is 0. The molecule has 30 heavy (non-hydrogen) atoms. The van der Waals surface area contributed by atoms with Crippen LogP contribution < -0.4 is 4.74 Å². The summed E-state index contributed by atoms with van der Waals surface area (Å²) in [6, 6.07) is 7.70. The molecule has 0 saturated carbocycles. The minimum Gasteiger partial charge on any atom is -0.491 e. The van der Waals surface area contributed by atoms with Crippen LogP contribution in [0, 0.1) is 11.7 Å². The lowest BCUT2D eigenvalue weighted by Gasteiger charge is -2.37. The lowest BCUT2D eigenvalue weighted by Crippen LogP contribution is -2.47. The topological polar surface area (TPSA) is 49.9 Å². The molecular weight excluding hydrogens is 403 g/mol. The average molecular weight is 433 g/mol. The van der Waals surface area contributed by atoms with E-state index in [1.54, 1.807) is 28.4 Å². The summed E-state index contributed by atoms with van der Waals surface area (Å²) in [6.45, 7) is 7.25. The molecule has 2 aromatic rings. The van der Waals surface area contributed by atoms with Crippen LogP contribution in [-0.2, 0) is 16.0 Å². The van der Waals surface area contributed by atoms with Gasteiger partial charge in [-0.05, 0) is 60.0 Å². The van der Waals surface area contributed by atoms with E-state index in [2.05, 4.69) is 13.8 Å². The van der Waals surface area contributed by atoms with Crippen molar-refractivity contribution < 1.29 is 18.7 Å². The predicted octanol–water partition coefficient (Wildman–Crippen LogP) is 4.29. The summed E-state index contributed by atoms with van der Waals surface area (Å²) in [5, 5.41) is 2.04. The summed E-state index contributed by atoms with van der Waals surface area (Å²) in [4.78, 5) is 29.9. The fourth-order valence-corrected chi connectivity index (χ4v) is 4.52. The number of hydrogen-bond donors (Lipinski definition) is 0. The second kappa shape index (κ2) is 10.1. The van der Waals surface area contributed by atoms with Crippen LogP contribution in [0.25, 0.3) is 0 Å². The molecule has 5 nitrogen and oxygen atoms in total. The van der Waals surface area contributed by atoms with Crippen LogP contribution in [0.2, 0.25) is 0 Å². The van der Waals surface area contributed by atoms with Crippen LogP contribution in [-0.4, -0.2) is 47.9 Å². The Bertz CT molecular complexity index is 866. The van der Waals surface area contributed by atoms with Gasteiger partial charge in [0.25, 0.3) is 0 Å². The van der Waals surface area contributed by atoms with Gasteiger partial charge in [-0.1, -0.05) is 13.8 Å². The molecule has 0 N–H and O–H groups in total. The molecule has 1 unspecified atom stereocenters. The largest absolute Gasteiger partial charge is 0.491 e. The van der Waals surface area contributed by atoms with Crippen LogP contribution >= 0.6 is 11.3 Å². The SMILES string of the molecule is CC(=O)N(CCC(C)C)CC(=O)N1CCc2sccc2C1COc1ccc(F)cc1. The number of rotatable bonds is 8. The highest BCUT2D eigenvalue weighted by atomic mass is 32.1. The van der Waals surface area contributed by atoms with Crippen molar-refractivity contribution in [3.05, 3.63) is 52.0 Å². The Balaban J connectivity index is 1.73. The summed E-state index contributed by atoms with van der Waals surface area (Å²) in [5.41, 5.74) is 1.10. The van der Waals surface area contributed by atoms with E-state index in [1.165, 1.54) is 23.9 Å². The van der Waals surface area contributed by atoms with Gasteiger partial charge in [0.2, 0.25) is 11.8 Å². The smallest absolute Gasteiger partial charge is 0.242 e. The fourth-order valence-electron chi connectivity index (χ4n) is 3.60. The molecule has 1 aliphatic rings. The first-order chi connectivity index (χ1) is 14.3. The highest BCUT2D eigenvalue weighted by Gasteiger charge is 2.33. The van der Waals surface area contributed by atoms with Crippen LogP contribution in [0.4, 0.5) is 4.39 Å². The van der Waals surface area contributed by atoms with Gasteiger partial charge in [0.15, 0.2) is 0 Å². The van der Waals surface area contributed by atoms with Crippen LogP contribution in [0.1, 0.15) is 43.7 Å². The van der Waals surface area contributed by atoms with E-state index in [9.17, 15) is 14.0 Å². The zero-order valence-corrected chi connectivity index (χ0v) is 18.6. The molecule has 1 aromatic heterocycles. The van der Waals surface area contributed by atoms with Gasteiger partial charge < -0.3 is 14.5 Å². The molecule has 3 rings (SSSR count). The number of hydrogen-bond acceptors (Lipinski definition) is 4. The Labute approximate surface area is 181 Å². The molecule has 1 aromatic carbocycles. The van der Waals surface area contributed by atoms with Crippen LogP contribution in [0.5, 0.6) is 5.75 Å². The van der Waals surface area contributed by atoms with E-state index in [1.807, 2.05) is 16.3 Å². The summed E-state index contributed by atoms with van der Waals surface area (Å²) in [5.74, 6) is 0.549. The highest BCUT2D eigenvalue weighted by molar-refractivity contribution is 7.10. The molecule has 162 valence electrons. The average Bonchev–Trinajstić information content (AvgIpc) is 3.19. The maximum atomic E-state index is 13.2. The van der Waals surface area contributed by atoms with Gasteiger partial charge in [0.05, 0.1) is 12.6 Å². The molecule has 7 heteroatoms. The minimum absolute atomic E-state index is 0.0708. The maximum absolute atomic E-state index is 13.2. The molecule has 2 heterocycles. The first-order valence-electron chi connectivity index (χ1n) is 10.3. The Hall–Kier alpha value is -2.41. The number of thiophene rings is 1. The Kier molecular flexibility index (Phi) is 7.48. The van der Waals surface area contributed by atoms with Crippen molar-refractivity contribution in [3.63, 3.8) is 0 Å². The van der Waals surface area contributed by atoms with Gasteiger partial charge in [-0.3, -0.25) is 9.59 Å². The molecule has 2 amide bonds. The number of benzene rings is 1. The molecule has 1 aliphatic heterocycles. The molecule has 0 radical (unpaired) electrons. The maximum Gasteiger partial charge on any atom is 0.242 e. The number of carbonyl (C=O) groups is 2. The van der Waals surface area contributed by atoms with Crippen molar-refractivity contribution in [1.29, 1.82) is 0 Å². The number of ether oxygens (including phenoxy) is 1. The first kappa shape index (κ1) is 22.3. The Morgan fingerprint density at radius 1 is 1.27 bits per heavy atom. The van der Waals surface area contributed by atoms with Crippen molar-refractivity contribution in [2.24, 2.45) is 5.92 Å². The van der Waals surface area contributed by atoms with Crippen LogP contribution in [0.15, 0.2) is 35.7 Å². The van der Waals surface area contributed by atoms with E-state index in [-0.39, 0.29) is 36.8 Å². The number of halogens is 1. The predicted molar refractivity (Wildman–Crippen MR) is 116 cm³/mol. The van der Waals surface area contributed by atoms with Gasteiger partial charge >= 0.3 is 0 Å². The number of amides is 2.